The molecule has 1 saturated heterocycles. The molecule has 13 nitrogen and oxygen atoms in total. The molecular formula is C29H25N9O4. The molecule has 0 aromatic carbocycles. The van der Waals surface area contributed by atoms with Gasteiger partial charge in [0.25, 0.3) is 11.5 Å². The molecule has 7 rings (SSSR count). The van der Waals surface area contributed by atoms with Crippen LogP contribution in [0.4, 0.5) is 0 Å². The molecule has 1 amide bonds. The van der Waals surface area contributed by atoms with Gasteiger partial charge < -0.3 is 15.0 Å². The first-order valence-corrected chi connectivity index (χ1v) is 13.5. The van der Waals surface area contributed by atoms with E-state index in [2.05, 4.69) is 29.9 Å². The molecule has 3 N–H and O–H groups in total. The van der Waals surface area contributed by atoms with Crippen molar-refractivity contribution in [2.45, 2.75) is 31.9 Å². The number of nitrogens with zero attached hydrogens (tertiary/aromatic N) is 7. The van der Waals surface area contributed by atoms with Gasteiger partial charge in [-0.3, -0.25) is 24.1 Å². The number of hydrogen-bond acceptors (Lipinski definition) is 9. The summed E-state index contributed by atoms with van der Waals surface area (Å²) in [5.74, 6) is 0.189. The van der Waals surface area contributed by atoms with E-state index in [4.69, 9.17) is 4.98 Å². The number of aromatic amines is 2. The smallest absolute Gasteiger partial charge is 0.329 e. The Hall–Kier alpha value is -5.30. The maximum Gasteiger partial charge on any atom is 0.329 e. The molecule has 0 spiro atoms. The molecule has 6 aromatic heterocycles. The Morgan fingerprint density at radius 1 is 1.02 bits per heavy atom. The van der Waals surface area contributed by atoms with Crippen molar-refractivity contribution < 1.29 is 9.90 Å². The van der Waals surface area contributed by atoms with Gasteiger partial charge in [0.1, 0.15) is 17.3 Å². The molecule has 0 saturated carbocycles. The van der Waals surface area contributed by atoms with Crippen LogP contribution in [0, 0.1) is 0 Å². The molecule has 1 aliphatic rings. The van der Waals surface area contributed by atoms with Crippen molar-refractivity contribution in [3.05, 3.63) is 76.1 Å². The van der Waals surface area contributed by atoms with Gasteiger partial charge in [-0.1, -0.05) is 0 Å². The van der Waals surface area contributed by atoms with Crippen LogP contribution in [0.5, 0.6) is 0 Å². The van der Waals surface area contributed by atoms with E-state index >= 15 is 0 Å². The summed E-state index contributed by atoms with van der Waals surface area (Å²) in [4.78, 5) is 68.2. The van der Waals surface area contributed by atoms with E-state index in [0.29, 0.717) is 59.6 Å². The molecular weight excluding hydrogens is 538 g/mol. The number of amides is 1. The monoisotopic (exact) mass is 563 g/mol. The number of rotatable bonds is 4. The molecule has 1 atom stereocenters. The fourth-order valence-corrected chi connectivity index (χ4v) is 5.65. The first-order valence-electron chi connectivity index (χ1n) is 13.5. The number of H-pyrrole nitrogens is 2. The van der Waals surface area contributed by atoms with E-state index < -0.39 is 17.4 Å². The van der Waals surface area contributed by atoms with Crippen LogP contribution in [0.2, 0.25) is 0 Å². The number of carbonyl (C=O) groups excluding carboxylic acids is 1. The van der Waals surface area contributed by atoms with Gasteiger partial charge in [0.05, 0.1) is 22.1 Å². The van der Waals surface area contributed by atoms with E-state index in [1.165, 1.54) is 13.1 Å². The number of pyridine rings is 3. The minimum atomic E-state index is -1.09. The third-order valence-corrected chi connectivity index (χ3v) is 7.75. The Bertz CT molecular complexity index is 2110. The van der Waals surface area contributed by atoms with Crippen molar-refractivity contribution in [2.24, 2.45) is 0 Å². The van der Waals surface area contributed by atoms with Gasteiger partial charge in [0.2, 0.25) is 0 Å². The van der Waals surface area contributed by atoms with Crippen molar-refractivity contribution in [1.82, 2.24) is 44.4 Å². The largest absolute Gasteiger partial charge is 0.384 e. The van der Waals surface area contributed by atoms with Crippen LogP contribution >= 0.6 is 0 Å². The highest BCUT2D eigenvalue weighted by molar-refractivity contribution is 6.01. The molecule has 0 unspecified atom stereocenters. The number of aromatic nitrogens is 8. The summed E-state index contributed by atoms with van der Waals surface area (Å²) in [5, 5.41) is 10.9. The molecule has 0 bridgehead atoms. The van der Waals surface area contributed by atoms with Crippen LogP contribution in [0.3, 0.4) is 0 Å². The zero-order chi connectivity index (χ0) is 29.0. The maximum absolute atomic E-state index is 13.2. The van der Waals surface area contributed by atoms with Crippen molar-refractivity contribution in [3.8, 4) is 22.6 Å². The molecule has 7 heterocycles. The second-order valence-corrected chi connectivity index (χ2v) is 10.3. The number of fused-ring (bicyclic) bond motifs is 4. The van der Waals surface area contributed by atoms with Crippen LogP contribution in [-0.4, -0.2) is 74.6 Å². The van der Waals surface area contributed by atoms with Gasteiger partial charge in [0.15, 0.2) is 5.82 Å². The summed E-state index contributed by atoms with van der Waals surface area (Å²) in [6.45, 7) is 2.19. The van der Waals surface area contributed by atoms with Crippen LogP contribution in [0.1, 0.15) is 25.8 Å². The van der Waals surface area contributed by atoms with Crippen LogP contribution in [0.25, 0.3) is 55.6 Å². The van der Waals surface area contributed by atoms with Crippen LogP contribution in [0.15, 0.2) is 64.8 Å². The van der Waals surface area contributed by atoms with Crippen LogP contribution < -0.4 is 11.2 Å². The Balaban J connectivity index is 1.30. The normalized spacial score (nSPS) is 15.0. The van der Waals surface area contributed by atoms with E-state index in [9.17, 15) is 19.5 Å². The Morgan fingerprint density at radius 3 is 2.57 bits per heavy atom. The van der Waals surface area contributed by atoms with Crippen molar-refractivity contribution in [1.29, 1.82) is 0 Å². The summed E-state index contributed by atoms with van der Waals surface area (Å²) >= 11 is 0. The summed E-state index contributed by atoms with van der Waals surface area (Å²) in [6, 6.07) is 7.10. The van der Waals surface area contributed by atoms with Crippen LogP contribution in [-0.2, 0) is 4.79 Å². The minimum Gasteiger partial charge on any atom is -0.384 e. The Labute approximate surface area is 236 Å². The first-order chi connectivity index (χ1) is 20.4. The molecule has 0 aliphatic carbocycles. The van der Waals surface area contributed by atoms with E-state index in [0.717, 1.165) is 16.6 Å². The molecule has 1 fully saturated rings. The van der Waals surface area contributed by atoms with Gasteiger partial charge >= 0.3 is 5.69 Å². The highest BCUT2D eigenvalue weighted by atomic mass is 16.3. The number of hydrogen-bond donors (Lipinski definition) is 3. The third kappa shape index (κ3) is 4.21. The average Bonchev–Trinajstić information content (AvgIpc) is 3.45. The average molecular weight is 564 g/mol. The molecule has 6 aromatic rings. The quantitative estimate of drug-likeness (QED) is 0.271. The lowest BCUT2D eigenvalue weighted by Crippen LogP contribution is -2.45. The highest BCUT2D eigenvalue weighted by Gasteiger charge is 2.28. The number of nitrogens with one attached hydrogen (secondary N) is 2. The van der Waals surface area contributed by atoms with Gasteiger partial charge in [-0.05, 0) is 44.0 Å². The lowest BCUT2D eigenvalue weighted by molar-refractivity contribution is -0.140. The molecule has 0 radical (unpaired) electrons. The van der Waals surface area contributed by atoms with Crippen molar-refractivity contribution >= 4 is 38.9 Å². The minimum absolute atomic E-state index is 0.244. The fraction of sp³-hybridized carbons (Fsp3) is 0.241. The molecule has 42 heavy (non-hydrogen) atoms. The van der Waals surface area contributed by atoms with Crippen molar-refractivity contribution in [3.63, 3.8) is 0 Å². The molecule has 210 valence electrons. The Morgan fingerprint density at radius 2 is 1.81 bits per heavy atom. The molecule has 13 heteroatoms. The number of carbonyl (C=O) groups is 1. The summed E-state index contributed by atoms with van der Waals surface area (Å²) in [7, 11) is 0. The van der Waals surface area contributed by atoms with E-state index in [1.54, 1.807) is 40.2 Å². The number of piperidine rings is 1. The SMILES string of the molecule is C[C@@H](O)C(=O)N1CCC(n2c(=O)[nH]c(=O)c3cnc4ccc(-c5cnc(-c6c[nH]c7ncccc67)nc5)nc4c32)CC1. The lowest BCUT2D eigenvalue weighted by atomic mass is 10.0. The van der Waals surface area contributed by atoms with E-state index in [-0.39, 0.29) is 17.3 Å². The topological polar surface area (TPSA) is 176 Å². The van der Waals surface area contributed by atoms with Crippen molar-refractivity contribution in [2.75, 3.05) is 13.1 Å². The standard InChI is InChI=1S/C29H25N9O4/c1-15(39)28(41)37-9-6-17(7-10-37)38-24-20(27(40)36-29(38)42)14-31-22-5-4-21(35-23(22)24)16-11-32-26(33-12-16)19-13-34-25-18(19)3-2-8-30-25/h2-5,8,11-15,17,39H,6-7,9-10H2,1H3,(H,30,34)(H,36,40,42)/t15-/m1/s1. The predicted octanol–water partition coefficient (Wildman–Crippen LogP) is 2.18. The maximum atomic E-state index is 13.2. The fourth-order valence-electron chi connectivity index (χ4n) is 5.65. The summed E-state index contributed by atoms with van der Waals surface area (Å²) in [6.07, 6.45) is 8.20. The second kappa shape index (κ2) is 9.96. The molecule has 1 aliphatic heterocycles. The number of likely N-dealkylation sites (tertiary alicyclic amines) is 1. The van der Waals surface area contributed by atoms with Gasteiger partial charge in [-0.2, -0.15) is 0 Å². The lowest BCUT2D eigenvalue weighted by Gasteiger charge is -2.34. The van der Waals surface area contributed by atoms with E-state index in [1.807, 2.05) is 18.3 Å². The predicted molar refractivity (Wildman–Crippen MR) is 155 cm³/mol. The van der Waals surface area contributed by atoms with Gasteiger partial charge in [0, 0.05) is 66.6 Å². The summed E-state index contributed by atoms with van der Waals surface area (Å²) in [5.41, 5.74) is 3.01. The van der Waals surface area contributed by atoms with Gasteiger partial charge in [-0.15, -0.1) is 0 Å². The third-order valence-electron chi connectivity index (χ3n) is 7.75. The van der Waals surface area contributed by atoms with Gasteiger partial charge in [-0.25, -0.2) is 24.7 Å². The highest BCUT2D eigenvalue weighted by Crippen LogP contribution is 2.30. The second-order valence-electron chi connectivity index (χ2n) is 10.3. The summed E-state index contributed by atoms with van der Waals surface area (Å²) < 4.78 is 1.56. The first kappa shape index (κ1) is 25.7. The zero-order valence-electron chi connectivity index (χ0n) is 22.5. The Kier molecular flexibility index (Phi) is 6.08. The number of aliphatic hydroxyl groups is 1. The number of aliphatic hydroxyl groups excluding tert-OH is 1. The zero-order valence-corrected chi connectivity index (χ0v) is 22.5.